The largest absolute Gasteiger partial charge is 0.496 e. The zero-order valence-electron chi connectivity index (χ0n) is 10.6. The molecule has 0 aliphatic rings. The van der Waals surface area contributed by atoms with Gasteiger partial charge < -0.3 is 15.5 Å². The van der Waals surface area contributed by atoms with Crippen molar-refractivity contribution in [2.75, 3.05) is 12.8 Å². The van der Waals surface area contributed by atoms with Crippen LogP contribution in [0.25, 0.3) is 11.0 Å². The van der Waals surface area contributed by atoms with E-state index in [0.29, 0.717) is 5.82 Å². The predicted octanol–water partition coefficient (Wildman–Crippen LogP) is 2.14. The van der Waals surface area contributed by atoms with Crippen LogP contribution in [0.1, 0.15) is 11.1 Å². The molecule has 5 nitrogen and oxygen atoms in total. The van der Waals surface area contributed by atoms with Gasteiger partial charge >= 0.3 is 0 Å². The van der Waals surface area contributed by atoms with E-state index in [0.717, 1.165) is 34.3 Å². The average molecular weight is 254 g/mol. The Hall–Kier alpha value is -2.56. The fraction of sp³-hybridized carbons (Fsp3) is 0.143. The van der Waals surface area contributed by atoms with Crippen molar-refractivity contribution in [3.63, 3.8) is 0 Å². The summed E-state index contributed by atoms with van der Waals surface area (Å²) in [6.07, 6.45) is 6.23. The number of nitrogen functional groups attached to an aromatic ring is 1. The molecular weight excluding hydrogens is 240 g/mol. The van der Waals surface area contributed by atoms with Crippen LogP contribution >= 0.6 is 0 Å². The highest BCUT2D eigenvalue weighted by Gasteiger charge is 2.10. The van der Waals surface area contributed by atoms with Gasteiger partial charge in [0.15, 0.2) is 0 Å². The van der Waals surface area contributed by atoms with E-state index in [1.165, 1.54) is 0 Å². The molecule has 0 bridgehead atoms. The van der Waals surface area contributed by atoms with Crippen molar-refractivity contribution in [3.8, 4) is 5.75 Å². The molecule has 3 rings (SSSR count). The zero-order valence-corrected chi connectivity index (χ0v) is 10.6. The highest BCUT2D eigenvalue weighted by atomic mass is 16.5. The number of nitrogens with two attached hydrogens (primary N) is 1. The molecule has 0 unspecified atom stereocenters. The molecule has 0 radical (unpaired) electrons. The van der Waals surface area contributed by atoms with Crippen LogP contribution in [0.4, 0.5) is 5.82 Å². The van der Waals surface area contributed by atoms with E-state index in [-0.39, 0.29) is 0 Å². The normalized spacial score (nSPS) is 10.8. The first-order valence-corrected chi connectivity index (χ1v) is 5.97. The lowest BCUT2D eigenvalue weighted by atomic mass is 10.1. The van der Waals surface area contributed by atoms with Crippen LogP contribution in [0.15, 0.2) is 36.8 Å². The molecule has 0 aromatic carbocycles. The van der Waals surface area contributed by atoms with Crippen LogP contribution in [0, 0.1) is 0 Å². The Balaban J connectivity index is 2.03. The number of aromatic amines is 1. The predicted molar refractivity (Wildman–Crippen MR) is 74.1 cm³/mol. The van der Waals surface area contributed by atoms with Gasteiger partial charge in [-0.3, -0.25) is 0 Å². The van der Waals surface area contributed by atoms with Crippen molar-refractivity contribution in [3.05, 3.63) is 47.9 Å². The van der Waals surface area contributed by atoms with Crippen molar-refractivity contribution in [2.45, 2.75) is 6.42 Å². The molecule has 0 aliphatic carbocycles. The number of ether oxygens (including phenoxy) is 1. The monoisotopic (exact) mass is 254 g/mol. The van der Waals surface area contributed by atoms with E-state index in [9.17, 15) is 0 Å². The number of rotatable bonds is 3. The summed E-state index contributed by atoms with van der Waals surface area (Å²) in [5.41, 5.74) is 8.65. The van der Waals surface area contributed by atoms with Gasteiger partial charge in [-0.05, 0) is 23.3 Å². The molecule has 3 aromatic rings. The summed E-state index contributed by atoms with van der Waals surface area (Å²) < 4.78 is 5.39. The molecular formula is C14H14N4O. The van der Waals surface area contributed by atoms with Gasteiger partial charge in [-0.15, -0.1) is 0 Å². The van der Waals surface area contributed by atoms with E-state index in [1.807, 2.05) is 18.3 Å². The first kappa shape index (κ1) is 11.5. The number of methoxy groups -OCH3 is 1. The van der Waals surface area contributed by atoms with Crippen molar-refractivity contribution >= 4 is 16.9 Å². The molecule has 5 heteroatoms. The second-order valence-electron chi connectivity index (χ2n) is 4.32. The summed E-state index contributed by atoms with van der Waals surface area (Å²) in [7, 11) is 1.66. The van der Waals surface area contributed by atoms with Gasteiger partial charge in [-0.25, -0.2) is 9.97 Å². The molecule has 19 heavy (non-hydrogen) atoms. The summed E-state index contributed by atoms with van der Waals surface area (Å²) in [5, 5.41) is 1.02. The van der Waals surface area contributed by atoms with Gasteiger partial charge in [0.2, 0.25) is 0 Å². The maximum absolute atomic E-state index is 5.59. The third-order valence-electron chi connectivity index (χ3n) is 3.08. The number of anilines is 1. The number of fused-ring (bicyclic) bond motifs is 1. The van der Waals surface area contributed by atoms with Crippen LogP contribution in [0.3, 0.4) is 0 Å². The number of hydrogen-bond acceptors (Lipinski definition) is 4. The minimum absolute atomic E-state index is 0.530. The Morgan fingerprint density at radius 2 is 2.16 bits per heavy atom. The van der Waals surface area contributed by atoms with Gasteiger partial charge in [-0.1, -0.05) is 6.07 Å². The third kappa shape index (κ3) is 2.10. The number of aromatic nitrogens is 3. The highest BCUT2D eigenvalue weighted by Crippen LogP contribution is 2.28. The second kappa shape index (κ2) is 4.61. The molecule has 0 aliphatic heterocycles. The van der Waals surface area contributed by atoms with Gasteiger partial charge in [0.05, 0.1) is 12.5 Å². The molecule has 3 N–H and O–H groups in total. The van der Waals surface area contributed by atoms with Crippen LogP contribution in [0.2, 0.25) is 0 Å². The molecule has 0 spiro atoms. The summed E-state index contributed by atoms with van der Waals surface area (Å²) in [4.78, 5) is 11.6. The number of H-pyrrole nitrogens is 1. The molecule has 0 amide bonds. The van der Waals surface area contributed by atoms with Gasteiger partial charge in [-0.2, -0.15) is 0 Å². The molecule has 3 heterocycles. The van der Waals surface area contributed by atoms with Crippen LogP contribution < -0.4 is 10.5 Å². The minimum atomic E-state index is 0.530. The smallest absolute Gasteiger partial charge is 0.141 e. The zero-order chi connectivity index (χ0) is 13.2. The third-order valence-corrected chi connectivity index (χ3v) is 3.08. The topological polar surface area (TPSA) is 76.8 Å². The van der Waals surface area contributed by atoms with Crippen molar-refractivity contribution in [1.29, 1.82) is 0 Å². The van der Waals surface area contributed by atoms with E-state index < -0.39 is 0 Å². The van der Waals surface area contributed by atoms with Crippen LogP contribution in [-0.4, -0.2) is 22.1 Å². The lowest BCUT2D eigenvalue weighted by molar-refractivity contribution is 0.419. The molecule has 96 valence electrons. The summed E-state index contributed by atoms with van der Waals surface area (Å²) in [6.45, 7) is 0. The summed E-state index contributed by atoms with van der Waals surface area (Å²) >= 11 is 0. The van der Waals surface area contributed by atoms with Gasteiger partial charge in [0, 0.05) is 25.0 Å². The van der Waals surface area contributed by atoms with Crippen LogP contribution in [-0.2, 0) is 6.42 Å². The Morgan fingerprint density at radius 1 is 1.26 bits per heavy atom. The van der Waals surface area contributed by atoms with Crippen molar-refractivity contribution in [2.24, 2.45) is 0 Å². The summed E-state index contributed by atoms with van der Waals surface area (Å²) in [5.74, 6) is 1.35. The Kier molecular flexibility index (Phi) is 2.79. The van der Waals surface area contributed by atoms with Crippen molar-refractivity contribution in [1.82, 2.24) is 15.0 Å². The van der Waals surface area contributed by atoms with E-state index in [2.05, 4.69) is 15.0 Å². The Labute approximate surface area is 110 Å². The number of nitrogens with one attached hydrogen (secondary N) is 1. The molecule has 0 saturated heterocycles. The lowest BCUT2D eigenvalue weighted by Crippen LogP contribution is -1.93. The van der Waals surface area contributed by atoms with Crippen molar-refractivity contribution < 1.29 is 4.74 Å². The van der Waals surface area contributed by atoms with Crippen LogP contribution in [0.5, 0.6) is 5.75 Å². The summed E-state index contributed by atoms with van der Waals surface area (Å²) in [6, 6.07) is 5.64. The van der Waals surface area contributed by atoms with E-state index in [1.54, 1.807) is 25.6 Å². The first-order chi connectivity index (χ1) is 9.28. The standard InChI is InChI=1S/C14H14N4O/c1-19-11-4-5-16-14-13(11)10(8-18-14)6-9-2-3-12(15)17-7-9/h2-5,7-8H,6H2,1H3,(H2,15,17)(H,16,18). The fourth-order valence-corrected chi connectivity index (χ4v) is 2.16. The first-order valence-electron chi connectivity index (χ1n) is 5.97. The van der Waals surface area contributed by atoms with Gasteiger partial charge in [0.1, 0.15) is 17.2 Å². The number of hydrogen-bond donors (Lipinski definition) is 2. The fourth-order valence-electron chi connectivity index (χ4n) is 2.16. The van der Waals surface area contributed by atoms with E-state index >= 15 is 0 Å². The maximum Gasteiger partial charge on any atom is 0.141 e. The molecule has 3 aromatic heterocycles. The number of nitrogens with zero attached hydrogens (tertiary/aromatic N) is 2. The van der Waals surface area contributed by atoms with Gasteiger partial charge in [0.25, 0.3) is 0 Å². The highest BCUT2D eigenvalue weighted by molar-refractivity contribution is 5.86. The average Bonchev–Trinajstić information content (AvgIpc) is 2.85. The SMILES string of the molecule is COc1ccnc2[nH]cc(Cc3ccc(N)nc3)c12. The van der Waals surface area contributed by atoms with E-state index in [4.69, 9.17) is 10.5 Å². The Bertz CT molecular complexity index is 703. The quantitative estimate of drug-likeness (QED) is 0.750. The second-order valence-corrected chi connectivity index (χ2v) is 4.32. The molecule has 0 atom stereocenters. The number of pyridine rings is 2. The lowest BCUT2D eigenvalue weighted by Gasteiger charge is -2.04. The molecule has 0 saturated carbocycles. The minimum Gasteiger partial charge on any atom is -0.496 e. The molecule has 0 fully saturated rings. The maximum atomic E-state index is 5.59. The Morgan fingerprint density at radius 3 is 2.89 bits per heavy atom.